The monoisotopic (exact) mass is 490 g/mol. The van der Waals surface area contributed by atoms with Gasteiger partial charge in [-0.1, -0.05) is 82.9 Å². The number of para-hydroxylation sites is 1. The molecule has 0 atom stereocenters. The molecule has 0 aliphatic rings. The Hall–Kier alpha value is -2.33. The second kappa shape index (κ2) is 12.5. The largest absolute Gasteiger partial charge is 0.496 e. The molecule has 0 bridgehead atoms. The molecule has 1 amide bonds. The van der Waals surface area contributed by atoms with Gasteiger partial charge in [0, 0.05) is 22.6 Å². The van der Waals surface area contributed by atoms with Crippen LogP contribution in [-0.4, -0.2) is 35.2 Å². The third-order valence-electron chi connectivity index (χ3n) is 3.79. The van der Waals surface area contributed by atoms with Crippen molar-refractivity contribution in [1.82, 2.24) is 15.6 Å². The minimum absolute atomic E-state index is 0.206. The number of halogens is 1. The van der Waals surface area contributed by atoms with Crippen LogP contribution in [-0.2, 0) is 10.5 Å². The quantitative estimate of drug-likeness (QED) is 0.233. The summed E-state index contributed by atoms with van der Waals surface area (Å²) in [6.07, 6.45) is 5.11. The lowest BCUT2D eigenvalue weighted by molar-refractivity contribution is -0.118. The molecular formula is C21H19ClN4O2S3. The van der Waals surface area contributed by atoms with Gasteiger partial charge >= 0.3 is 0 Å². The van der Waals surface area contributed by atoms with Crippen molar-refractivity contribution >= 4 is 64.7 Å². The van der Waals surface area contributed by atoms with E-state index in [4.69, 9.17) is 16.3 Å². The van der Waals surface area contributed by atoms with E-state index in [1.807, 2.05) is 54.6 Å². The summed E-state index contributed by atoms with van der Waals surface area (Å²) < 4.78 is 6.84. The van der Waals surface area contributed by atoms with Crippen LogP contribution in [0.15, 0.2) is 68.4 Å². The van der Waals surface area contributed by atoms with E-state index in [1.54, 1.807) is 24.9 Å². The normalized spacial score (nSPS) is 11.3. The van der Waals surface area contributed by atoms with E-state index in [0.29, 0.717) is 0 Å². The molecule has 3 rings (SSSR count). The minimum Gasteiger partial charge on any atom is -0.496 e. The van der Waals surface area contributed by atoms with Crippen molar-refractivity contribution in [3.63, 3.8) is 0 Å². The molecule has 1 N–H and O–H groups in total. The number of hydrogen-bond acceptors (Lipinski definition) is 8. The predicted octanol–water partition coefficient (Wildman–Crippen LogP) is 5.40. The van der Waals surface area contributed by atoms with E-state index < -0.39 is 0 Å². The maximum Gasteiger partial charge on any atom is 0.250 e. The number of nitrogens with one attached hydrogen (secondary N) is 1. The van der Waals surface area contributed by atoms with Gasteiger partial charge in [-0.15, -0.1) is 10.2 Å². The molecule has 3 aromatic rings. The number of nitrogens with zero attached hydrogens (tertiary/aromatic N) is 3. The number of allylic oxidation sites excluding steroid dienone is 1. The molecule has 0 aliphatic heterocycles. The number of rotatable bonds is 10. The molecule has 0 saturated carbocycles. The van der Waals surface area contributed by atoms with Crippen molar-refractivity contribution in [1.29, 1.82) is 0 Å². The SMILES string of the molecule is COc1ccccc1/C=C/C=N/NC(=O)CSc1nnc(SCc2ccccc2Cl)s1. The van der Waals surface area contributed by atoms with Crippen molar-refractivity contribution in [2.24, 2.45) is 5.10 Å². The van der Waals surface area contributed by atoms with Crippen LogP contribution in [0.5, 0.6) is 5.75 Å². The van der Waals surface area contributed by atoms with Gasteiger partial charge in [-0.3, -0.25) is 4.79 Å². The molecule has 1 heterocycles. The van der Waals surface area contributed by atoms with Crippen LogP contribution >= 0.6 is 46.5 Å². The summed E-state index contributed by atoms with van der Waals surface area (Å²) in [5.41, 5.74) is 4.47. The summed E-state index contributed by atoms with van der Waals surface area (Å²) in [5, 5.41) is 12.9. The average molecular weight is 491 g/mol. The van der Waals surface area contributed by atoms with Gasteiger partial charge in [0.05, 0.1) is 12.9 Å². The molecule has 10 heteroatoms. The van der Waals surface area contributed by atoms with Crippen LogP contribution in [0.3, 0.4) is 0 Å². The molecule has 0 fully saturated rings. The molecule has 0 spiro atoms. The summed E-state index contributed by atoms with van der Waals surface area (Å²) in [6, 6.07) is 15.4. The highest BCUT2D eigenvalue weighted by Gasteiger charge is 2.09. The van der Waals surface area contributed by atoms with Gasteiger partial charge in [0.25, 0.3) is 5.91 Å². The summed E-state index contributed by atoms with van der Waals surface area (Å²) >= 11 is 10.5. The lowest BCUT2D eigenvalue weighted by Gasteiger charge is -2.02. The van der Waals surface area contributed by atoms with Gasteiger partial charge in [0.2, 0.25) is 0 Å². The van der Waals surface area contributed by atoms with Gasteiger partial charge in [-0.05, 0) is 29.8 Å². The van der Waals surface area contributed by atoms with Gasteiger partial charge in [0.1, 0.15) is 5.75 Å². The number of aromatic nitrogens is 2. The zero-order valence-electron chi connectivity index (χ0n) is 16.5. The fourth-order valence-corrected chi connectivity index (χ4v) is 5.43. The topological polar surface area (TPSA) is 76.5 Å². The van der Waals surface area contributed by atoms with E-state index in [0.717, 1.165) is 36.3 Å². The number of hydrogen-bond donors (Lipinski definition) is 1. The molecule has 2 aromatic carbocycles. The third-order valence-corrected chi connectivity index (χ3v) is 7.40. The number of carbonyl (C=O) groups excluding carboxylic acids is 1. The van der Waals surface area contributed by atoms with E-state index in [-0.39, 0.29) is 11.7 Å². The van der Waals surface area contributed by atoms with Crippen molar-refractivity contribution in [2.45, 2.75) is 14.4 Å². The number of carbonyl (C=O) groups is 1. The zero-order chi connectivity index (χ0) is 21.9. The molecule has 0 saturated heterocycles. The van der Waals surface area contributed by atoms with Gasteiger partial charge in [-0.2, -0.15) is 5.10 Å². The molecule has 0 unspecified atom stereocenters. The van der Waals surface area contributed by atoms with Gasteiger partial charge in [0.15, 0.2) is 8.68 Å². The average Bonchev–Trinajstić information content (AvgIpc) is 3.25. The maximum absolute atomic E-state index is 12.0. The first-order valence-electron chi connectivity index (χ1n) is 9.10. The number of benzene rings is 2. The highest BCUT2D eigenvalue weighted by Crippen LogP contribution is 2.32. The first kappa shape index (κ1) is 23.3. The molecule has 160 valence electrons. The van der Waals surface area contributed by atoms with Crippen LogP contribution in [0, 0.1) is 0 Å². The fraction of sp³-hybridized carbons (Fsp3) is 0.143. The summed E-state index contributed by atoms with van der Waals surface area (Å²) in [7, 11) is 1.62. The van der Waals surface area contributed by atoms with Crippen LogP contribution in [0.25, 0.3) is 6.08 Å². The second-order valence-electron chi connectivity index (χ2n) is 5.92. The Bertz CT molecular complexity index is 1070. The van der Waals surface area contributed by atoms with Crippen LogP contribution in [0.4, 0.5) is 0 Å². The third kappa shape index (κ3) is 7.70. The molecule has 0 radical (unpaired) electrons. The Morgan fingerprint density at radius 1 is 1.16 bits per heavy atom. The van der Waals surface area contributed by atoms with Crippen molar-refractivity contribution in [3.8, 4) is 5.75 Å². The van der Waals surface area contributed by atoms with Crippen molar-refractivity contribution < 1.29 is 9.53 Å². The Morgan fingerprint density at radius 3 is 2.71 bits per heavy atom. The number of methoxy groups -OCH3 is 1. The molecular weight excluding hydrogens is 472 g/mol. The first-order chi connectivity index (χ1) is 15.2. The molecule has 6 nitrogen and oxygen atoms in total. The number of thioether (sulfide) groups is 2. The fourth-order valence-electron chi connectivity index (χ4n) is 2.33. The van der Waals surface area contributed by atoms with Gasteiger partial charge in [-0.25, -0.2) is 5.43 Å². The lowest BCUT2D eigenvalue weighted by atomic mass is 10.2. The maximum atomic E-state index is 12.0. The summed E-state index contributed by atoms with van der Waals surface area (Å²) in [6.45, 7) is 0. The van der Waals surface area contributed by atoms with Crippen molar-refractivity contribution in [2.75, 3.05) is 12.9 Å². The van der Waals surface area contributed by atoms with Crippen LogP contribution in [0.1, 0.15) is 11.1 Å². The Kier molecular flexibility index (Phi) is 9.41. The standard InChI is InChI=1S/C21H19ClN4O2S3/c1-28-18-11-5-3-7-15(18)9-6-12-23-24-19(27)14-30-21-26-25-20(31-21)29-13-16-8-2-4-10-17(16)22/h2-12H,13-14H2,1H3,(H,24,27)/b9-6+,23-12+. The molecule has 0 aliphatic carbocycles. The highest BCUT2D eigenvalue weighted by atomic mass is 35.5. The highest BCUT2D eigenvalue weighted by molar-refractivity contribution is 8.03. The smallest absolute Gasteiger partial charge is 0.250 e. The number of hydrazone groups is 1. The zero-order valence-corrected chi connectivity index (χ0v) is 19.7. The lowest BCUT2D eigenvalue weighted by Crippen LogP contribution is -2.19. The summed E-state index contributed by atoms with van der Waals surface area (Å²) in [5.74, 6) is 1.48. The number of amides is 1. The molecule has 1 aromatic heterocycles. The Labute approximate surface area is 198 Å². The predicted molar refractivity (Wildman–Crippen MR) is 130 cm³/mol. The van der Waals surface area contributed by atoms with Crippen LogP contribution in [0.2, 0.25) is 5.02 Å². The van der Waals surface area contributed by atoms with E-state index in [1.165, 1.54) is 29.3 Å². The van der Waals surface area contributed by atoms with E-state index >= 15 is 0 Å². The number of ether oxygens (including phenoxy) is 1. The van der Waals surface area contributed by atoms with E-state index in [9.17, 15) is 4.79 Å². The van der Waals surface area contributed by atoms with Crippen molar-refractivity contribution in [3.05, 3.63) is 70.8 Å². The Balaban J connectivity index is 1.39. The van der Waals surface area contributed by atoms with Crippen LogP contribution < -0.4 is 10.2 Å². The minimum atomic E-state index is -0.215. The van der Waals surface area contributed by atoms with Gasteiger partial charge < -0.3 is 4.74 Å². The first-order valence-corrected chi connectivity index (χ1v) is 12.3. The van der Waals surface area contributed by atoms with E-state index in [2.05, 4.69) is 20.7 Å². The summed E-state index contributed by atoms with van der Waals surface area (Å²) in [4.78, 5) is 12.0. The Morgan fingerprint density at radius 2 is 1.90 bits per heavy atom. The molecule has 31 heavy (non-hydrogen) atoms. The second-order valence-corrected chi connectivity index (χ2v) is 9.75.